The van der Waals surface area contributed by atoms with E-state index in [4.69, 9.17) is 11.6 Å². The standard InChI is InChI=1S/C10H11ClN2O/c1-6(14)10-12-8-4-3-7(11)5-9(8)13(10)2/h3-6,14H,1-2H3/t6-/m1/s1. The zero-order valence-corrected chi connectivity index (χ0v) is 8.78. The lowest BCUT2D eigenvalue weighted by Gasteiger charge is -2.03. The highest BCUT2D eigenvalue weighted by Gasteiger charge is 2.11. The first-order chi connectivity index (χ1) is 6.59. The van der Waals surface area contributed by atoms with Crippen molar-refractivity contribution in [1.29, 1.82) is 0 Å². The highest BCUT2D eigenvalue weighted by molar-refractivity contribution is 6.31. The van der Waals surface area contributed by atoms with E-state index >= 15 is 0 Å². The molecular weight excluding hydrogens is 200 g/mol. The Morgan fingerprint density at radius 2 is 2.21 bits per heavy atom. The summed E-state index contributed by atoms with van der Waals surface area (Å²) >= 11 is 5.88. The van der Waals surface area contributed by atoms with Crippen LogP contribution in [-0.4, -0.2) is 14.7 Å². The van der Waals surface area contributed by atoms with Gasteiger partial charge < -0.3 is 9.67 Å². The molecule has 2 aromatic rings. The Morgan fingerprint density at radius 1 is 1.50 bits per heavy atom. The molecule has 0 saturated carbocycles. The van der Waals surface area contributed by atoms with Crippen LogP contribution in [0.15, 0.2) is 18.2 Å². The van der Waals surface area contributed by atoms with E-state index in [0.29, 0.717) is 10.8 Å². The molecule has 1 aromatic carbocycles. The average molecular weight is 211 g/mol. The van der Waals surface area contributed by atoms with Crippen molar-refractivity contribution in [2.45, 2.75) is 13.0 Å². The van der Waals surface area contributed by atoms with E-state index in [-0.39, 0.29) is 0 Å². The molecule has 4 heteroatoms. The SMILES string of the molecule is C[C@@H](O)c1nc2ccc(Cl)cc2n1C. The van der Waals surface area contributed by atoms with Gasteiger partial charge in [-0.25, -0.2) is 4.98 Å². The Balaban J connectivity index is 2.74. The first-order valence-corrected chi connectivity index (χ1v) is 4.77. The fourth-order valence-electron chi connectivity index (χ4n) is 1.56. The van der Waals surface area contributed by atoms with Gasteiger partial charge >= 0.3 is 0 Å². The summed E-state index contributed by atoms with van der Waals surface area (Å²) in [5.74, 6) is 0.655. The van der Waals surface area contributed by atoms with Crippen LogP contribution < -0.4 is 0 Å². The van der Waals surface area contributed by atoms with Crippen LogP contribution in [0.3, 0.4) is 0 Å². The largest absolute Gasteiger partial charge is 0.385 e. The van der Waals surface area contributed by atoms with Crippen LogP contribution in [0.5, 0.6) is 0 Å². The van der Waals surface area contributed by atoms with Gasteiger partial charge in [-0.3, -0.25) is 0 Å². The van der Waals surface area contributed by atoms with E-state index in [1.807, 2.05) is 23.7 Å². The molecule has 0 aliphatic rings. The summed E-state index contributed by atoms with van der Waals surface area (Å²) in [5, 5.41) is 10.1. The molecule has 3 nitrogen and oxygen atoms in total. The molecule has 14 heavy (non-hydrogen) atoms. The summed E-state index contributed by atoms with van der Waals surface area (Å²) < 4.78 is 1.85. The molecule has 74 valence electrons. The second kappa shape index (κ2) is 3.26. The molecule has 2 rings (SSSR count). The Morgan fingerprint density at radius 3 is 2.86 bits per heavy atom. The number of aliphatic hydroxyl groups excluding tert-OH is 1. The predicted molar refractivity (Wildman–Crippen MR) is 56.4 cm³/mol. The number of aromatic nitrogens is 2. The second-order valence-electron chi connectivity index (χ2n) is 3.34. The third kappa shape index (κ3) is 1.38. The molecule has 0 bridgehead atoms. The Labute approximate surface area is 86.9 Å². The van der Waals surface area contributed by atoms with Gasteiger partial charge in [0, 0.05) is 12.1 Å². The van der Waals surface area contributed by atoms with Crippen molar-refractivity contribution in [2.24, 2.45) is 7.05 Å². The molecule has 0 saturated heterocycles. The summed E-state index contributed by atoms with van der Waals surface area (Å²) in [6, 6.07) is 5.49. The third-order valence-electron chi connectivity index (χ3n) is 2.25. The Kier molecular flexibility index (Phi) is 2.21. The lowest BCUT2D eigenvalue weighted by Crippen LogP contribution is -2.01. The molecule has 0 unspecified atom stereocenters. The van der Waals surface area contributed by atoms with Crippen LogP contribution >= 0.6 is 11.6 Å². The predicted octanol–water partition coefficient (Wildman–Crippen LogP) is 2.28. The van der Waals surface area contributed by atoms with Crippen molar-refractivity contribution in [3.8, 4) is 0 Å². The van der Waals surface area contributed by atoms with Crippen molar-refractivity contribution in [1.82, 2.24) is 9.55 Å². The van der Waals surface area contributed by atoms with Crippen molar-refractivity contribution < 1.29 is 5.11 Å². The average Bonchev–Trinajstić information content (AvgIpc) is 2.44. The first-order valence-electron chi connectivity index (χ1n) is 4.39. The maximum atomic E-state index is 9.46. The van der Waals surface area contributed by atoms with Crippen LogP contribution in [0.2, 0.25) is 5.02 Å². The van der Waals surface area contributed by atoms with Crippen LogP contribution in [0.4, 0.5) is 0 Å². The zero-order chi connectivity index (χ0) is 10.3. The van der Waals surface area contributed by atoms with Gasteiger partial charge in [-0.1, -0.05) is 11.6 Å². The van der Waals surface area contributed by atoms with Crippen LogP contribution in [-0.2, 0) is 7.05 Å². The molecule has 0 amide bonds. The number of hydrogen-bond acceptors (Lipinski definition) is 2. The van der Waals surface area contributed by atoms with Gasteiger partial charge in [0.2, 0.25) is 0 Å². The summed E-state index contributed by atoms with van der Waals surface area (Å²) in [4.78, 5) is 4.31. The first kappa shape index (κ1) is 9.49. The van der Waals surface area contributed by atoms with Gasteiger partial charge in [-0.05, 0) is 25.1 Å². The topological polar surface area (TPSA) is 38.1 Å². The van der Waals surface area contributed by atoms with Crippen molar-refractivity contribution in [3.05, 3.63) is 29.0 Å². The highest BCUT2D eigenvalue weighted by Crippen LogP contribution is 2.22. The van der Waals surface area contributed by atoms with Gasteiger partial charge in [-0.2, -0.15) is 0 Å². The van der Waals surface area contributed by atoms with Crippen molar-refractivity contribution in [2.75, 3.05) is 0 Å². The van der Waals surface area contributed by atoms with Crippen LogP contribution in [0, 0.1) is 0 Å². The van der Waals surface area contributed by atoms with E-state index in [9.17, 15) is 5.11 Å². The van der Waals surface area contributed by atoms with E-state index in [1.54, 1.807) is 13.0 Å². The van der Waals surface area contributed by atoms with Crippen LogP contribution in [0.25, 0.3) is 11.0 Å². The molecule has 0 spiro atoms. The van der Waals surface area contributed by atoms with Gasteiger partial charge in [-0.15, -0.1) is 0 Å². The minimum atomic E-state index is -0.564. The van der Waals surface area contributed by atoms with E-state index in [1.165, 1.54) is 0 Å². The third-order valence-corrected chi connectivity index (χ3v) is 2.49. The highest BCUT2D eigenvalue weighted by atomic mass is 35.5. The summed E-state index contributed by atoms with van der Waals surface area (Å²) in [6.07, 6.45) is -0.564. The van der Waals surface area contributed by atoms with Gasteiger partial charge in [0.05, 0.1) is 11.0 Å². The number of benzene rings is 1. The smallest absolute Gasteiger partial charge is 0.138 e. The molecule has 0 radical (unpaired) electrons. The summed E-state index contributed by atoms with van der Waals surface area (Å²) in [7, 11) is 1.87. The molecule has 0 aliphatic carbocycles. The number of fused-ring (bicyclic) bond motifs is 1. The molecule has 1 atom stereocenters. The maximum Gasteiger partial charge on any atom is 0.138 e. The maximum absolute atomic E-state index is 9.46. The number of halogens is 1. The van der Waals surface area contributed by atoms with E-state index in [0.717, 1.165) is 11.0 Å². The lowest BCUT2D eigenvalue weighted by atomic mass is 10.3. The molecule has 1 heterocycles. The Bertz CT molecular complexity index is 476. The van der Waals surface area contributed by atoms with Gasteiger partial charge in [0.1, 0.15) is 11.9 Å². The zero-order valence-electron chi connectivity index (χ0n) is 8.03. The number of hydrogen-bond donors (Lipinski definition) is 1. The quantitative estimate of drug-likeness (QED) is 0.784. The minimum Gasteiger partial charge on any atom is -0.385 e. The van der Waals surface area contributed by atoms with Gasteiger partial charge in [0.25, 0.3) is 0 Å². The monoisotopic (exact) mass is 210 g/mol. The number of aliphatic hydroxyl groups is 1. The second-order valence-corrected chi connectivity index (χ2v) is 3.77. The number of aryl methyl sites for hydroxylation is 1. The summed E-state index contributed by atoms with van der Waals surface area (Å²) in [5.41, 5.74) is 1.79. The number of nitrogens with zero attached hydrogens (tertiary/aromatic N) is 2. The van der Waals surface area contributed by atoms with E-state index < -0.39 is 6.10 Å². The minimum absolute atomic E-state index is 0.564. The molecule has 1 aromatic heterocycles. The van der Waals surface area contributed by atoms with E-state index in [2.05, 4.69) is 4.98 Å². The fourth-order valence-corrected chi connectivity index (χ4v) is 1.72. The Hall–Kier alpha value is -1.06. The lowest BCUT2D eigenvalue weighted by molar-refractivity contribution is 0.186. The molecule has 0 aliphatic heterocycles. The molecule has 1 N–H and O–H groups in total. The fraction of sp³-hybridized carbons (Fsp3) is 0.300. The van der Waals surface area contributed by atoms with Crippen LogP contribution in [0.1, 0.15) is 18.9 Å². The van der Waals surface area contributed by atoms with Crippen molar-refractivity contribution >= 4 is 22.6 Å². The number of imidazole rings is 1. The van der Waals surface area contributed by atoms with Gasteiger partial charge in [0.15, 0.2) is 0 Å². The molecule has 0 fully saturated rings. The normalized spacial score (nSPS) is 13.4. The number of rotatable bonds is 1. The van der Waals surface area contributed by atoms with Crippen molar-refractivity contribution in [3.63, 3.8) is 0 Å². The summed E-state index contributed by atoms with van der Waals surface area (Å²) in [6.45, 7) is 1.70. The molecular formula is C10H11ClN2O.